The molecule has 78 heavy (non-hydrogen) atoms. The van der Waals surface area contributed by atoms with Crippen LogP contribution in [0.15, 0.2) is 212 Å². The van der Waals surface area contributed by atoms with E-state index in [1.165, 1.54) is 72.8 Å². The molecule has 398 valence electrons. The van der Waals surface area contributed by atoms with Crippen LogP contribution < -0.4 is 0 Å². The molecule has 0 spiro atoms. The molecular formula is C61H52O17. The number of rotatable bonds is 19. The number of carbonyl (C=O) groups excluding carboxylic acids is 6. The quantitative estimate of drug-likeness (QED) is 0.0599. The molecule has 1 N–H and O–H groups in total. The normalized spacial score (nSPS) is 22.6. The third kappa shape index (κ3) is 13.8. The van der Waals surface area contributed by atoms with Crippen LogP contribution in [0.3, 0.4) is 0 Å². The fraction of sp³-hybridized carbons (Fsp3) is 0.213. The van der Waals surface area contributed by atoms with E-state index in [-0.39, 0.29) is 40.0 Å². The number of ether oxygens (including phenoxy) is 10. The molecule has 10 atom stereocenters. The van der Waals surface area contributed by atoms with Crippen molar-refractivity contribution in [3.63, 3.8) is 0 Å². The highest BCUT2D eigenvalue weighted by Gasteiger charge is 2.57. The van der Waals surface area contributed by atoms with E-state index in [1.807, 2.05) is 0 Å². The third-order valence-electron chi connectivity index (χ3n) is 12.6. The Bertz CT molecular complexity index is 3080. The summed E-state index contributed by atoms with van der Waals surface area (Å²) < 4.78 is 62.9. The Morgan fingerprint density at radius 3 is 1.04 bits per heavy atom. The number of hydrogen-bond donors (Lipinski definition) is 1. The smallest absolute Gasteiger partial charge is 0.338 e. The summed E-state index contributed by atoms with van der Waals surface area (Å²) in [5.41, 5.74) is 1.26. The molecule has 2 fully saturated rings. The predicted octanol–water partition coefficient (Wildman–Crippen LogP) is 8.02. The molecule has 0 aliphatic carbocycles. The molecule has 0 radical (unpaired) electrons. The number of aliphatic hydroxyl groups is 1. The van der Waals surface area contributed by atoms with Crippen LogP contribution in [0.25, 0.3) is 0 Å². The maximum Gasteiger partial charge on any atom is 0.338 e. The van der Waals surface area contributed by atoms with Crippen molar-refractivity contribution in [2.24, 2.45) is 0 Å². The molecule has 9 rings (SSSR count). The van der Waals surface area contributed by atoms with E-state index >= 15 is 0 Å². The zero-order chi connectivity index (χ0) is 54.2. The average molecular weight is 1060 g/mol. The van der Waals surface area contributed by atoms with Gasteiger partial charge in [-0.3, -0.25) is 0 Å². The van der Waals surface area contributed by atoms with Gasteiger partial charge in [0.2, 0.25) is 0 Å². The molecule has 7 aromatic rings. The van der Waals surface area contributed by atoms with E-state index in [4.69, 9.17) is 47.4 Å². The van der Waals surface area contributed by atoms with Gasteiger partial charge in [0.25, 0.3) is 0 Å². The first-order valence-electron chi connectivity index (χ1n) is 24.9. The fourth-order valence-corrected chi connectivity index (χ4v) is 8.65. The lowest BCUT2D eigenvalue weighted by Gasteiger charge is -2.48. The van der Waals surface area contributed by atoms with E-state index in [0.717, 1.165) is 0 Å². The maximum absolute atomic E-state index is 14.5. The van der Waals surface area contributed by atoms with E-state index in [0.29, 0.717) is 5.56 Å². The minimum Gasteiger partial charge on any atom is -0.459 e. The lowest BCUT2D eigenvalue weighted by molar-refractivity contribution is -0.356. The zero-order valence-electron chi connectivity index (χ0n) is 41.6. The van der Waals surface area contributed by atoms with Gasteiger partial charge >= 0.3 is 35.8 Å². The minimum atomic E-state index is -2.10. The summed E-state index contributed by atoms with van der Waals surface area (Å²) in [6, 6.07) is 56.5. The second-order valence-electron chi connectivity index (χ2n) is 17.8. The van der Waals surface area contributed by atoms with Crippen LogP contribution in [0.2, 0.25) is 0 Å². The fourth-order valence-electron chi connectivity index (χ4n) is 8.65. The summed E-state index contributed by atoms with van der Waals surface area (Å²) in [6.45, 7) is -1.50. The molecule has 7 aromatic carbocycles. The topological polar surface area (TPSA) is 215 Å². The number of benzene rings is 7. The summed E-state index contributed by atoms with van der Waals surface area (Å²) >= 11 is 0. The summed E-state index contributed by atoms with van der Waals surface area (Å²) in [5.74, 6) is -5.29. The molecule has 2 saturated heterocycles. The van der Waals surface area contributed by atoms with Gasteiger partial charge in [-0.1, -0.05) is 140 Å². The monoisotopic (exact) mass is 1060 g/mol. The molecule has 2 heterocycles. The first-order chi connectivity index (χ1) is 38.1. The molecule has 17 heteroatoms. The molecule has 1 unspecified atom stereocenters. The van der Waals surface area contributed by atoms with Gasteiger partial charge in [0.1, 0.15) is 37.6 Å². The van der Waals surface area contributed by atoms with Crippen LogP contribution in [0.4, 0.5) is 0 Å². The molecule has 0 bridgehead atoms. The van der Waals surface area contributed by atoms with Crippen molar-refractivity contribution in [3.8, 4) is 0 Å². The van der Waals surface area contributed by atoms with Crippen molar-refractivity contribution < 1.29 is 81.2 Å². The summed E-state index contributed by atoms with van der Waals surface area (Å²) in [7, 11) is 0. The van der Waals surface area contributed by atoms with E-state index in [1.54, 1.807) is 140 Å². The third-order valence-corrected chi connectivity index (χ3v) is 12.6. The number of aliphatic hydroxyl groups excluding tert-OH is 1. The molecule has 0 aromatic heterocycles. The summed E-state index contributed by atoms with van der Waals surface area (Å²) in [4.78, 5) is 84.2. The van der Waals surface area contributed by atoms with Crippen molar-refractivity contribution in [3.05, 3.63) is 251 Å². The van der Waals surface area contributed by atoms with Crippen LogP contribution in [0.5, 0.6) is 0 Å². The Morgan fingerprint density at radius 2 is 0.654 bits per heavy atom. The van der Waals surface area contributed by atoms with Gasteiger partial charge in [-0.05, 0) is 78.4 Å². The van der Waals surface area contributed by atoms with Gasteiger partial charge in [-0.15, -0.1) is 0 Å². The van der Waals surface area contributed by atoms with Crippen LogP contribution in [0, 0.1) is 0 Å². The molecular weight excluding hydrogens is 1000 g/mol. The van der Waals surface area contributed by atoms with Crippen LogP contribution in [-0.2, 0) is 54.0 Å². The molecule has 2 aliphatic rings. The molecule has 0 saturated carbocycles. The predicted molar refractivity (Wildman–Crippen MR) is 275 cm³/mol. The Hall–Kier alpha value is -8.84. The van der Waals surface area contributed by atoms with Crippen molar-refractivity contribution in [2.75, 3.05) is 13.2 Å². The largest absolute Gasteiger partial charge is 0.459 e. The zero-order valence-corrected chi connectivity index (χ0v) is 41.6. The van der Waals surface area contributed by atoms with Crippen LogP contribution in [0.1, 0.15) is 67.7 Å². The Balaban J connectivity index is 1.17. The molecule has 2 aliphatic heterocycles. The lowest BCUT2D eigenvalue weighted by Crippen LogP contribution is -2.67. The Labute approximate surface area is 448 Å². The van der Waals surface area contributed by atoms with E-state index in [2.05, 4.69) is 0 Å². The van der Waals surface area contributed by atoms with Gasteiger partial charge in [0.15, 0.2) is 37.0 Å². The lowest BCUT2D eigenvalue weighted by atomic mass is 9.95. The first-order valence-corrected chi connectivity index (χ1v) is 24.9. The van der Waals surface area contributed by atoms with Crippen molar-refractivity contribution in [1.82, 2.24) is 0 Å². The standard InChI is InChI=1S/C61H52O17/c62-54(40-24-10-2-11-25-40)70-37-46-49(75-57(65)43-30-16-5-17-31-43)51(52(60(68)72-46)76-58(66)44-32-18-6-19-33-44)78-61-53(77-59(67)45-34-20-7-21-35-45)50(69-36-39-22-8-1-9-23-39)48(74-56(64)42-28-14-4-15-29-42)47(73-61)38-71-55(63)41-26-12-3-13-27-41/h1-35,46-53,60-61,68H,36-38H2/t46-,47-,48+,49+,50+,51+,52-,53-,60?,61+/m1/s1. The van der Waals surface area contributed by atoms with Crippen LogP contribution >= 0.6 is 0 Å². The second-order valence-corrected chi connectivity index (χ2v) is 17.8. The van der Waals surface area contributed by atoms with E-state index in [9.17, 15) is 33.9 Å². The molecule has 17 nitrogen and oxygen atoms in total. The van der Waals surface area contributed by atoms with Gasteiger partial charge in [0.05, 0.1) is 40.0 Å². The van der Waals surface area contributed by atoms with Gasteiger partial charge in [0, 0.05) is 0 Å². The second kappa shape index (κ2) is 26.3. The van der Waals surface area contributed by atoms with Crippen LogP contribution in [-0.4, -0.2) is 116 Å². The first kappa shape index (κ1) is 54.0. The number of hydrogen-bond acceptors (Lipinski definition) is 17. The Kier molecular flexibility index (Phi) is 18.2. The van der Waals surface area contributed by atoms with Crippen molar-refractivity contribution >= 4 is 35.8 Å². The number of esters is 6. The average Bonchev–Trinajstić information content (AvgIpc) is 3.64. The highest BCUT2D eigenvalue weighted by molar-refractivity contribution is 5.92. The Morgan fingerprint density at radius 1 is 0.346 bits per heavy atom. The van der Waals surface area contributed by atoms with Gasteiger partial charge < -0.3 is 52.5 Å². The van der Waals surface area contributed by atoms with Crippen molar-refractivity contribution in [1.29, 1.82) is 0 Å². The van der Waals surface area contributed by atoms with Gasteiger partial charge in [-0.2, -0.15) is 0 Å². The number of carbonyl (C=O) groups is 6. The molecule has 0 amide bonds. The van der Waals surface area contributed by atoms with Crippen molar-refractivity contribution in [2.45, 2.75) is 68.0 Å². The highest BCUT2D eigenvalue weighted by atomic mass is 16.8. The SMILES string of the molecule is O=C(OC[C@H]1O[C@@H](O[C@H]2[C@@H](OC(=O)c3ccccc3)[C@@H](COC(=O)c3ccccc3)OC(O)[C@@H]2OC(=O)c2ccccc2)[C@H](OC(=O)c2ccccc2)[C@@H](OCc2ccccc2)[C@H]1OC(=O)c1ccccc1)c1ccccc1. The highest BCUT2D eigenvalue weighted by Crippen LogP contribution is 2.37. The van der Waals surface area contributed by atoms with Gasteiger partial charge in [-0.25, -0.2) is 28.8 Å². The maximum atomic E-state index is 14.5. The minimum absolute atomic E-state index is 0.0431. The summed E-state index contributed by atoms with van der Waals surface area (Å²) in [5, 5.41) is 12.0. The summed E-state index contributed by atoms with van der Waals surface area (Å²) in [6.07, 6.45) is -17.6. The van der Waals surface area contributed by atoms with E-state index < -0.39 is 110 Å².